The van der Waals surface area contributed by atoms with Crippen molar-refractivity contribution in [3.63, 3.8) is 0 Å². The molecule has 0 aliphatic rings. The summed E-state index contributed by atoms with van der Waals surface area (Å²) in [6.07, 6.45) is 1.33. The van der Waals surface area contributed by atoms with Crippen molar-refractivity contribution in [3.8, 4) is 0 Å². The molecule has 2 rings (SSSR count). The number of methoxy groups -OCH3 is 1. The van der Waals surface area contributed by atoms with Gasteiger partial charge in [0.1, 0.15) is 5.69 Å². The van der Waals surface area contributed by atoms with Crippen molar-refractivity contribution in [3.05, 3.63) is 47.8 Å². The molecule has 8 nitrogen and oxygen atoms in total. The predicted molar refractivity (Wildman–Crippen MR) is 85.3 cm³/mol. The highest BCUT2D eigenvalue weighted by Crippen LogP contribution is 2.18. The Bertz CT molecular complexity index is 856. The van der Waals surface area contributed by atoms with Gasteiger partial charge < -0.3 is 14.5 Å². The number of H-pyrrole nitrogens is 1. The second kappa shape index (κ2) is 7.18. The van der Waals surface area contributed by atoms with Gasteiger partial charge >= 0.3 is 11.9 Å². The van der Waals surface area contributed by atoms with Crippen LogP contribution in [0, 0.1) is 0 Å². The van der Waals surface area contributed by atoms with Gasteiger partial charge in [0.25, 0.3) is 10.0 Å². The average molecular weight is 352 g/mol. The number of esters is 2. The number of anilines is 1. The molecule has 0 aliphatic heterocycles. The van der Waals surface area contributed by atoms with E-state index in [0.29, 0.717) is 0 Å². The summed E-state index contributed by atoms with van der Waals surface area (Å²) in [4.78, 5) is 25.6. The van der Waals surface area contributed by atoms with Gasteiger partial charge in [0, 0.05) is 6.20 Å². The maximum atomic E-state index is 12.4. The summed E-state index contributed by atoms with van der Waals surface area (Å²) in [7, 11) is -2.73. The number of hydrogen-bond acceptors (Lipinski definition) is 6. The van der Waals surface area contributed by atoms with Crippen LogP contribution in [0.25, 0.3) is 0 Å². The SMILES string of the molecule is CCOC(=O)c1cc(NS(=O)(=O)c2cccc(C(=O)OC)c2)c[nH]1. The zero-order valence-corrected chi connectivity index (χ0v) is 13.8. The van der Waals surface area contributed by atoms with Gasteiger partial charge in [0.05, 0.1) is 29.9 Å². The van der Waals surface area contributed by atoms with E-state index < -0.39 is 22.0 Å². The van der Waals surface area contributed by atoms with Crippen molar-refractivity contribution in [1.82, 2.24) is 4.98 Å². The van der Waals surface area contributed by atoms with Crippen LogP contribution in [0.15, 0.2) is 41.4 Å². The first-order valence-electron chi connectivity index (χ1n) is 6.94. The van der Waals surface area contributed by atoms with Gasteiger partial charge in [0.15, 0.2) is 0 Å². The lowest BCUT2D eigenvalue weighted by Gasteiger charge is -2.07. The summed E-state index contributed by atoms with van der Waals surface area (Å²) >= 11 is 0. The topological polar surface area (TPSA) is 115 Å². The molecular formula is C15H16N2O6S. The van der Waals surface area contributed by atoms with E-state index in [1.165, 1.54) is 43.6 Å². The molecule has 0 amide bonds. The van der Waals surface area contributed by atoms with Gasteiger partial charge in [-0.25, -0.2) is 18.0 Å². The first-order valence-corrected chi connectivity index (χ1v) is 8.42. The number of aromatic nitrogens is 1. The fraction of sp³-hybridized carbons (Fsp3) is 0.200. The van der Waals surface area contributed by atoms with E-state index >= 15 is 0 Å². The Morgan fingerprint density at radius 1 is 1.21 bits per heavy atom. The molecule has 0 saturated heterocycles. The zero-order valence-electron chi connectivity index (χ0n) is 13.0. The van der Waals surface area contributed by atoms with Crippen molar-refractivity contribution >= 4 is 27.6 Å². The van der Waals surface area contributed by atoms with Crippen molar-refractivity contribution in [2.24, 2.45) is 0 Å². The molecular weight excluding hydrogens is 336 g/mol. The molecule has 0 atom stereocenters. The van der Waals surface area contributed by atoms with Crippen molar-refractivity contribution < 1.29 is 27.5 Å². The minimum atomic E-state index is -3.93. The number of rotatable bonds is 6. The van der Waals surface area contributed by atoms with Gasteiger partial charge in [-0.3, -0.25) is 4.72 Å². The highest BCUT2D eigenvalue weighted by molar-refractivity contribution is 7.92. The molecule has 1 aromatic carbocycles. The molecule has 0 aliphatic carbocycles. The van der Waals surface area contributed by atoms with E-state index in [0.717, 1.165) is 0 Å². The summed E-state index contributed by atoms with van der Waals surface area (Å²) in [5.74, 6) is -1.23. The summed E-state index contributed by atoms with van der Waals surface area (Å²) in [6.45, 7) is 1.87. The maximum Gasteiger partial charge on any atom is 0.354 e. The van der Waals surface area contributed by atoms with Gasteiger partial charge in [-0.15, -0.1) is 0 Å². The van der Waals surface area contributed by atoms with Crippen LogP contribution in [-0.2, 0) is 19.5 Å². The van der Waals surface area contributed by atoms with Crippen molar-refractivity contribution in [2.75, 3.05) is 18.4 Å². The summed E-state index contributed by atoms with van der Waals surface area (Å²) in [5, 5.41) is 0. The summed E-state index contributed by atoms with van der Waals surface area (Å²) < 4.78 is 36.4. The molecule has 0 spiro atoms. The second-order valence-corrected chi connectivity index (χ2v) is 6.33. The predicted octanol–water partition coefficient (Wildman–Crippen LogP) is 1.78. The minimum Gasteiger partial charge on any atom is -0.465 e. The standard InChI is InChI=1S/C15H16N2O6S/c1-3-23-15(19)13-8-11(9-16-13)17-24(20,21)12-6-4-5-10(7-12)14(18)22-2/h4-9,16-17H,3H2,1-2H3. The van der Waals surface area contributed by atoms with Crippen LogP contribution in [0.2, 0.25) is 0 Å². The first kappa shape index (κ1) is 17.5. The third-order valence-corrected chi connectivity index (χ3v) is 4.37. The van der Waals surface area contributed by atoms with Crippen LogP contribution < -0.4 is 4.72 Å². The number of sulfonamides is 1. The smallest absolute Gasteiger partial charge is 0.354 e. The van der Waals surface area contributed by atoms with Gasteiger partial charge in [-0.05, 0) is 31.2 Å². The fourth-order valence-electron chi connectivity index (χ4n) is 1.90. The lowest BCUT2D eigenvalue weighted by atomic mass is 10.2. The number of aromatic amines is 1. The average Bonchev–Trinajstić information content (AvgIpc) is 3.02. The highest BCUT2D eigenvalue weighted by Gasteiger charge is 2.18. The number of ether oxygens (including phenoxy) is 2. The van der Waals surface area contributed by atoms with Crippen LogP contribution in [-0.4, -0.2) is 39.1 Å². The van der Waals surface area contributed by atoms with E-state index in [9.17, 15) is 18.0 Å². The van der Waals surface area contributed by atoms with Crippen molar-refractivity contribution in [1.29, 1.82) is 0 Å². The monoisotopic (exact) mass is 352 g/mol. The minimum absolute atomic E-state index is 0.107. The molecule has 24 heavy (non-hydrogen) atoms. The van der Waals surface area contributed by atoms with Crippen LogP contribution in [0.3, 0.4) is 0 Å². The first-order chi connectivity index (χ1) is 11.4. The van der Waals surface area contributed by atoms with Gasteiger partial charge in [-0.2, -0.15) is 0 Å². The number of carbonyl (C=O) groups excluding carboxylic acids is 2. The number of benzene rings is 1. The van der Waals surface area contributed by atoms with E-state index in [1.54, 1.807) is 6.92 Å². The Labute approximate surface area is 138 Å². The molecule has 9 heteroatoms. The normalized spacial score (nSPS) is 10.9. The van der Waals surface area contributed by atoms with Crippen LogP contribution in [0.5, 0.6) is 0 Å². The van der Waals surface area contributed by atoms with E-state index in [1.807, 2.05) is 0 Å². The fourth-order valence-corrected chi connectivity index (χ4v) is 2.99. The lowest BCUT2D eigenvalue weighted by molar-refractivity contribution is 0.0519. The molecule has 1 heterocycles. The Hall–Kier alpha value is -2.81. The largest absolute Gasteiger partial charge is 0.465 e. The Kier molecular flexibility index (Phi) is 5.24. The quantitative estimate of drug-likeness (QED) is 0.766. The Balaban J connectivity index is 2.23. The number of hydrogen-bond donors (Lipinski definition) is 2. The van der Waals surface area contributed by atoms with Crippen LogP contribution >= 0.6 is 0 Å². The van der Waals surface area contributed by atoms with E-state index in [4.69, 9.17) is 4.74 Å². The highest BCUT2D eigenvalue weighted by atomic mass is 32.2. The third-order valence-electron chi connectivity index (χ3n) is 3.00. The molecule has 0 bridgehead atoms. The lowest BCUT2D eigenvalue weighted by Crippen LogP contribution is -2.13. The van der Waals surface area contributed by atoms with Crippen LogP contribution in [0.1, 0.15) is 27.8 Å². The van der Waals surface area contributed by atoms with Crippen molar-refractivity contribution in [2.45, 2.75) is 11.8 Å². The molecule has 2 aromatic rings. The second-order valence-electron chi connectivity index (χ2n) is 4.65. The maximum absolute atomic E-state index is 12.4. The molecule has 1 aromatic heterocycles. The molecule has 0 radical (unpaired) electrons. The molecule has 2 N–H and O–H groups in total. The summed E-state index contributed by atoms with van der Waals surface area (Å²) in [6, 6.07) is 6.74. The number of nitrogens with one attached hydrogen (secondary N) is 2. The van der Waals surface area contributed by atoms with Gasteiger partial charge in [-0.1, -0.05) is 6.07 Å². The van der Waals surface area contributed by atoms with E-state index in [2.05, 4.69) is 14.4 Å². The van der Waals surface area contributed by atoms with Gasteiger partial charge in [0.2, 0.25) is 0 Å². The number of carbonyl (C=O) groups is 2. The molecule has 0 saturated carbocycles. The van der Waals surface area contributed by atoms with Crippen LogP contribution in [0.4, 0.5) is 5.69 Å². The summed E-state index contributed by atoms with van der Waals surface area (Å²) in [5.41, 5.74) is 0.404. The molecule has 0 unspecified atom stereocenters. The zero-order chi connectivity index (χ0) is 17.7. The Morgan fingerprint density at radius 2 is 1.96 bits per heavy atom. The molecule has 128 valence electrons. The Morgan fingerprint density at radius 3 is 2.62 bits per heavy atom. The third kappa shape index (κ3) is 3.93. The molecule has 0 fully saturated rings. The van der Waals surface area contributed by atoms with E-state index in [-0.39, 0.29) is 28.4 Å².